The molecule has 1 aromatic heterocycles. The van der Waals surface area contributed by atoms with Gasteiger partial charge >= 0.3 is 11.9 Å². The number of amides is 1. The molecule has 2 unspecified atom stereocenters. The third-order valence-electron chi connectivity index (χ3n) is 5.07. The molecule has 1 amide bonds. The predicted molar refractivity (Wildman–Crippen MR) is 122 cm³/mol. The summed E-state index contributed by atoms with van der Waals surface area (Å²) in [7, 11) is 0. The molecule has 1 aromatic carbocycles. The average Bonchev–Trinajstić information content (AvgIpc) is 2.80. The topological polar surface area (TPSA) is 218 Å². The number of carbonyl (C=O) groups is 4. The van der Waals surface area contributed by atoms with E-state index in [0.29, 0.717) is 25.2 Å². The molecular formula is C20H23N7O7. The maximum atomic E-state index is 12.3. The van der Waals surface area contributed by atoms with Crippen molar-refractivity contribution < 1.29 is 29.4 Å². The van der Waals surface area contributed by atoms with Crippen molar-refractivity contribution in [1.82, 2.24) is 14.9 Å². The van der Waals surface area contributed by atoms with E-state index in [1.165, 1.54) is 12.1 Å². The molecular weight excluding hydrogens is 450 g/mol. The van der Waals surface area contributed by atoms with Crippen molar-refractivity contribution in [3.8, 4) is 0 Å². The van der Waals surface area contributed by atoms with Gasteiger partial charge in [0.15, 0.2) is 0 Å². The molecule has 0 bridgehead atoms. The van der Waals surface area contributed by atoms with Gasteiger partial charge in [0.1, 0.15) is 17.5 Å². The second kappa shape index (κ2) is 10.3. The zero-order valence-electron chi connectivity index (χ0n) is 17.8. The Bertz CT molecular complexity index is 1160. The van der Waals surface area contributed by atoms with Crippen molar-refractivity contribution in [2.24, 2.45) is 0 Å². The van der Waals surface area contributed by atoms with Crippen molar-refractivity contribution >= 4 is 47.4 Å². The van der Waals surface area contributed by atoms with Gasteiger partial charge < -0.3 is 37.2 Å². The van der Waals surface area contributed by atoms with Gasteiger partial charge in [-0.3, -0.25) is 19.2 Å². The number of nitrogens with one attached hydrogen (secondary N) is 4. The number of nitrogens with two attached hydrogens (primary N) is 1. The molecule has 0 aliphatic carbocycles. The van der Waals surface area contributed by atoms with Gasteiger partial charge in [-0.15, -0.1) is 0 Å². The number of carbonyl (C=O) groups excluding carboxylic acids is 2. The number of hydrogen-bond donors (Lipinski definition) is 7. The molecule has 1 aliphatic rings. The van der Waals surface area contributed by atoms with Crippen molar-refractivity contribution in [3.63, 3.8) is 0 Å². The summed E-state index contributed by atoms with van der Waals surface area (Å²) in [4.78, 5) is 61.2. The van der Waals surface area contributed by atoms with Gasteiger partial charge in [0, 0.05) is 30.8 Å². The Labute approximate surface area is 192 Å². The zero-order valence-corrected chi connectivity index (χ0v) is 17.8. The first-order valence-corrected chi connectivity index (χ1v) is 10.2. The van der Waals surface area contributed by atoms with E-state index >= 15 is 0 Å². The van der Waals surface area contributed by atoms with Crippen molar-refractivity contribution in [2.45, 2.75) is 24.9 Å². The lowest BCUT2D eigenvalue weighted by atomic mass is 10.1. The van der Waals surface area contributed by atoms with Crippen LogP contribution in [0.2, 0.25) is 0 Å². The largest absolute Gasteiger partial charge is 0.481 e. The molecule has 0 radical (unpaired) electrons. The van der Waals surface area contributed by atoms with Gasteiger partial charge in [0.25, 0.3) is 11.5 Å². The van der Waals surface area contributed by atoms with Crippen LogP contribution in [-0.2, 0) is 14.4 Å². The third-order valence-corrected chi connectivity index (χ3v) is 5.07. The van der Waals surface area contributed by atoms with E-state index in [1.54, 1.807) is 12.1 Å². The summed E-state index contributed by atoms with van der Waals surface area (Å²) >= 11 is 0. The van der Waals surface area contributed by atoms with E-state index in [-0.39, 0.29) is 41.9 Å². The standard InChI is InChI=1S/C20H23N7O7/c21-20-26-18(32)15-16(27(20)9-28)23-8-12(24-15)7-22-11-3-1-10(2-4-11)17(31)25-13(19(33)34)5-6-14(29)30/h1-4,9,12-13,22-24H,5-8H2,(H,25,31)(H,29,30)(H,33,34)(H2,21,26,32). The Morgan fingerprint density at radius 1 is 1.26 bits per heavy atom. The summed E-state index contributed by atoms with van der Waals surface area (Å²) < 4.78 is 1.04. The van der Waals surface area contributed by atoms with Crippen LogP contribution >= 0.6 is 0 Å². The molecule has 3 rings (SSSR count). The molecule has 0 saturated carbocycles. The van der Waals surface area contributed by atoms with Gasteiger partial charge in [0.05, 0.1) is 6.04 Å². The highest BCUT2D eigenvalue weighted by atomic mass is 16.4. The van der Waals surface area contributed by atoms with E-state index in [0.717, 1.165) is 4.57 Å². The Balaban J connectivity index is 1.58. The fourth-order valence-electron chi connectivity index (χ4n) is 3.31. The summed E-state index contributed by atoms with van der Waals surface area (Å²) in [6, 6.07) is 4.67. The van der Waals surface area contributed by atoms with Crippen LogP contribution in [0.4, 0.5) is 23.1 Å². The smallest absolute Gasteiger partial charge is 0.326 e. The number of nitrogens with zero attached hydrogens (tertiary/aromatic N) is 2. The Morgan fingerprint density at radius 3 is 2.59 bits per heavy atom. The number of hydrogen-bond acceptors (Lipinski definition) is 10. The van der Waals surface area contributed by atoms with Crippen LogP contribution < -0.4 is 32.6 Å². The molecule has 0 spiro atoms. The van der Waals surface area contributed by atoms with Crippen molar-refractivity contribution in [1.29, 1.82) is 0 Å². The summed E-state index contributed by atoms with van der Waals surface area (Å²) in [5, 5.41) is 29.3. The lowest BCUT2D eigenvalue weighted by Crippen LogP contribution is -2.42. The minimum atomic E-state index is -1.32. The zero-order chi connectivity index (χ0) is 24.8. The Hall–Kier alpha value is -4.62. The van der Waals surface area contributed by atoms with Gasteiger partial charge in [-0.1, -0.05) is 0 Å². The number of fused-ring (bicyclic) bond motifs is 1. The maximum absolute atomic E-state index is 12.3. The van der Waals surface area contributed by atoms with Gasteiger partial charge in [-0.25, -0.2) is 9.36 Å². The van der Waals surface area contributed by atoms with Crippen molar-refractivity contribution in [2.75, 3.05) is 34.8 Å². The van der Waals surface area contributed by atoms with Crippen LogP contribution in [0.15, 0.2) is 29.1 Å². The van der Waals surface area contributed by atoms with Crippen LogP contribution in [0.5, 0.6) is 0 Å². The first-order chi connectivity index (χ1) is 16.2. The number of anilines is 4. The number of carboxylic acids is 2. The lowest BCUT2D eigenvalue weighted by Gasteiger charge is -2.29. The van der Waals surface area contributed by atoms with Crippen LogP contribution in [0.25, 0.3) is 0 Å². The van der Waals surface area contributed by atoms with Crippen LogP contribution in [0.1, 0.15) is 23.2 Å². The van der Waals surface area contributed by atoms with E-state index in [4.69, 9.17) is 15.9 Å². The third kappa shape index (κ3) is 5.59. The van der Waals surface area contributed by atoms with E-state index in [2.05, 4.69) is 26.3 Å². The number of aromatic nitrogens is 2. The summed E-state index contributed by atoms with van der Waals surface area (Å²) in [5.74, 6) is -3.09. The molecule has 8 N–H and O–H groups in total. The minimum absolute atomic E-state index is 0.127. The number of nitrogen functional groups attached to an aromatic ring is 1. The molecule has 2 atom stereocenters. The van der Waals surface area contributed by atoms with Gasteiger partial charge in [-0.2, -0.15) is 4.98 Å². The van der Waals surface area contributed by atoms with Gasteiger partial charge in [-0.05, 0) is 30.7 Å². The number of carboxylic acid groups (broad SMARTS) is 2. The second-order valence-electron chi connectivity index (χ2n) is 7.45. The summed E-state index contributed by atoms with van der Waals surface area (Å²) in [6.07, 6.45) is -0.168. The van der Waals surface area contributed by atoms with E-state index in [1.807, 2.05) is 0 Å². The summed E-state index contributed by atoms with van der Waals surface area (Å²) in [6.45, 7) is 0.753. The first kappa shape index (κ1) is 24.0. The highest BCUT2D eigenvalue weighted by Gasteiger charge is 2.24. The molecule has 2 aromatic rings. The SMILES string of the molecule is Nc1nc(=O)c2c(n1C=O)NCC(CNc1ccc(C(=O)NC(CCC(=O)O)C(=O)O)cc1)N2. The number of benzene rings is 1. The monoisotopic (exact) mass is 473 g/mol. The molecule has 14 heteroatoms. The van der Waals surface area contributed by atoms with Crippen molar-refractivity contribution in [3.05, 3.63) is 40.2 Å². The molecule has 180 valence electrons. The minimum Gasteiger partial charge on any atom is -0.481 e. The maximum Gasteiger partial charge on any atom is 0.326 e. The molecule has 2 heterocycles. The van der Waals surface area contributed by atoms with E-state index in [9.17, 15) is 24.0 Å². The molecule has 1 aliphatic heterocycles. The van der Waals surface area contributed by atoms with Crippen LogP contribution in [0, 0.1) is 0 Å². The fourth-order valence-corrected chi connectivity index (χ4v) is 3.31. The average molecular weight is 473 g/mol. The Morgan fingerprint density at radius 2 is 1.97 bits per heavy atom. The number of rotatable bonds is 10. The molecule has 0 fully saturated rings. The highest BCUT2D eigenvalue weighted by molar-refractivity contribution is 5.97. The normalized spacial score (nSPS) is 15.1. The lowest BCUT2D eigenvalue weighted by molar-refractivity contribution is -0.140. The van der Waals surface area contributed by atoms with Crippen LogP contribution in [0.3, 0.4) is 0 Å². The second-order valence-corrected chi connectivity index (χ2v) is 7.45. The van der Waals surface area contributed by atoms with E-state index < -0.39 is 29.4 Å². The molecule has 34 heavy (non-hydrogen) atoms. The molecule has 14 nitrogen and oxygen atoms in total. The van der Waals surface area contributed by atoms with Crippen LogP contribution in [-0.4, -0.2) is 69.2 Å². The predicted octanol–water partition coefficient (Wildman–Crippen LogP) is -0.770. The fraction of sp³-hybridized carbons (Fsp3) is 0.300. The number of aliphatic carboxylic acids is 2. The summed E-state index contributed by atoms with van der Waals surface area (Å²) in [5.41, 5.74) is 5.98. The highest BCUT2D eigenvalue weighted by Crippen LogP contribution is 2.23. The Kier molecular flexibility index (Phi) is 7.30. The molecule has 0 saturated heterocycles. The first-order valence-electron chi connectivity index (χ1n) is 10.2. The quantitative estimate of drug-likeness (QED) is 0.212. The van der Waals surface area contributed by atoms with Gasteiger partial charge in [0.2, 0.25) is 12.4 Å².